The molecule has 1 aliphatic rings. The zero-order chi connectivity index (χ0) is 20.8. The third kappa shape index (κ3) is 6.25. The van der Waals surface area contributed by atoms with Crippen molar-refractivity contribution in [3.8, 4) is 17.2 Å². The first-order chi connectivity index (χ1) is 13.9. The maximum Gasteiger partial charge on any atom is 0.348 e. The number of hydrogen-bond donors (Lipinski definition) is 3. The van der Waals surface area contributed by atoms with Crippen LogP contribution in [0.1, 0.15) is 12.5 Å². The smallest absolute Gasteiger partial charge is 0.348 e. The van der Waals surface area contributed by atoms with E-state index in [9.17, 15) is 9.90 Å². The minimum atomic E-state index is -1.05. The van der Waals surface area contributed by atoms with E-state index in [0.717, 1.165) is 5.56 Å². The monoisotopic (exact) mass is 421 g/mol. The van der Waals surface area contributed by atoms with Gasteiger partial charge in [-0.15, -0.1) is 0 Å². The molecule has 1 aliphatic heterocycles. The summed E-state index contributed by atoms with van der Waals surface area (Å²) >= 11 is 5.83. The third-order valence-corrected chi connectivity index (χ3v) is 4.69. The summed E-state index contributed by atoms with van der Waals surface area (Å²) in [4.78, 5) is 11.0. The fourth-order valence-electron chi connectivity index (χ4n) is 2.91. The van der Waals surface area contributed by atoms with E-state index in [2.05, 4.69) is 5.32 Å². The van der Waals surface area contributed by atoms with Crippen molar-refractivity contribution < 1.29 is 29.2 Å². The summed E-state index contributed by atoms with van der Waals surface area (Å²) in [6.45, 7) is 2.57. The molecule has 0 aromatic heterocycles. The molecule has 2 aromatic carbocycles. The summed E-state index contributed by atoms with van der Waals surface area (Å²) in [7, 11) is 0. The van der Waals surface area contributed by atoms with Crippen LogP contribution in [0.2, 0.25) is 5.02 Å². The van der Waals surface area contributed by atoms with Crippen molar-refractivity contribution in [2.75, 3.05) is 19.8 Å². The van der Waals surface area contributed by atoms with Gasteiger partial charge < -0.3 is 29.7 Å². The second-order valence-electron chi connectivity index (χ2n) is 6.97. The van der Waals surface area contributed by atoms with Gasteiger partial charge in [-0.3, -0.25) is 0 Å². The van der Waals surface area contributed by atoms with Crippen LogP contribution in [0.5, 0.6) is 17.2 Å². The molecule has 0 saturated heterocycles. The lowest BCUT2D eigenvalue weighted by Crippen LogP contribution is -2.37. The number of fused-ring (bicyclic) bond motifs is 1. The molecule has 0 radical (unpaired) electrons. The Morgan fingerprint density at radius 1 is 1.28 bits per heavy atom. The van der Waals surface area contributed by atoms with Crippen LogP contribution in [0.15, 0.2) is 42.5 Å². The molecule has 0 saturated carbocycles. The van der Waals surface area contributed by atoms with Gasteiger partial charge in [-0.25, -0.2) is 4.79 Å². The molecule has 0 fully saturated rings. The summed E-state index contributed by atoms with van der Waals surface area (Å²) in [5, 5.41) is 23.0. The summed E-state index contributed by atoms with van der Waals surface area (Å²) in [6, 6.07) is 12.5. The lowest BCUT2D eigenvalue weighted by Gasteiger charge is -2.24. The van der Waals surface area contributed by atoms with Gasteiger partial charge in [0.25, 0.3) is 0 Å². The van der Waals surface area contributed by atoms with Crippen LogP contribution in [0, 0.1) is 0 Å². The van der Waals surface area contributed by atoms with Crippen molar-refractivity contribution in [3.63, 3.8) is 0 Å². The Balaban J connectivity index is 1.43. The van der Waals surface area contributed by atoms with E-state index < -0.39 is 18.2 Å². The van der Waals surface area contributed by atoms with Gasteiger partial charge in [0, 0.05) is 17.6 Å². The van der Waals surface area contributed by atoms with Gasteiger partial charge in [-0.2, -0.15) is 0 Å². The van der Waals surface area contributed by atoms with Gasteiger partial charge in [0.2, 0.25) is 6.10 Å². The van der Waals surface area contributed by atoms with Gasteiger partial charge in [0.15, 0.2) is 11.5 Å². The SMILES string of the molecule is C[C@H](Cc1ccc2c(c1)OCC(C(=O)O)O2)NC[C@H](O)COc1ccc(Cl)cc1. The predicted molar refractivity (Wildman–Crippen MR) is 108 cm³/mol. The molecule has 8 heteroatoms. The molecule has 29 heavy (non-hydrogen) atoms. The van der Waals surface area contributed by atoms with Crippen molar-refractivity contribution in [2.24, 2.45) is 0 Å². The van der Waals surface area contributed by atoms with Crippen molar-refractivity contribution in [1.29, 1.82) is 0 Å². The number of halogens is 1. The molecule has 3 rings (SSSR count). The number of aliphatic hydroxyl groups excluding tert-OH is 1. The number of aliphatic carboxylic acids is 1. The van der Waals surface area contributed by atoms with Gasteiger partial charge in [0.1, 0.15) is 25.1 Å². The van der Waals surface area contributed by atoms with E-state index >= 15 is 0 Å². The largest absolute Gasteiger partial charge is 0.491 e. The minimum absolute atomic E-state index is 0.0145. The van der Waals surface area contributed by atoms with Gasteiger partial charge in [0.05, 0.1) is 0 Å². The zero-order valence-electron chi connectivity index (χ0n) is 16.0. The van der Waals surface area contributed by atoms with Crippen molar-refractivity contribution in [1.82, 2.24) is 5.32 Å². The summed E-state index contributed by atoms with van der Waals surface area (Å²) in [6.07, 6.45) is -0.920. The van der Waals surface area contributed by atoms with E-state index in [1.54, 1.807) is 30.3 Å². The number of hydrogen-bond acceptors (Lipinski definition) is 6. The van der Waals surface area contributed by atoms with Crippen LogP contribution in [-0.2, 0) is 11.2 Å². The standard InChI is InChI=1S/C21H24ClNO6/c1-13(23-10-16(24)11-27-17-5-3-15(22)4-6-17)8-14-2-7-18-19(9-14)28-12-20(29-18)21(25)26/h2-7,9,13,16,20,23-24H,8,10-12H2,1H3,(H,25,26)/t13-,16+,20?/m1/s1. The van der Waals surface area contributed by atoms with E-state index in [4.69, 9.17) is 30.9 Å². The molecule has 0 aliphatic carbocycles. The van der Waals surface area contributed by atoms with E-state index in [-0.39, 0.29) is 19.3 Å². The molecule has 0 amide bonds. The Labute approximate surface area is 174 Å². The highest BCUT2D eigenvalue weighted by Gasteiger charge is 2.27. The minimum Gasteiger partial charge on any atom is -0.491 e. The molecule has 0 bridgehead atoms. The first-order valence-electron chi connectivity index (χ1n) is 9.35. The highest BCUT2D eigenvalue weighted by molar-refractivity contribution is 6.30. The van der Waals surface area contributed by atoms with Gasteiger partial charge in [-0.05, 0) is 55.3 Å². The zero-order valence-corrected chi connectivity index (χ0v) is 16.8. The van der Waals surface area contributed by atoms with Gasteiger partial charge >= 0.3 is 5.97 Å². The van der Waals surface area contributed by atoms with Gasteiger partial charge in [-0.1, -0.05) is 17.7 Å². The first kappa shape index (κ1) is 21.2. The molecule has 2 aromatic rings. The van der Waals surface area contributed by atoms with Crippen molar-refractivity contribution in [3.05, 3.63) is 53.1 Å². The summed E-state index contributed by atoms with van der Waals surface area (Å²) in [5.74, 6) is 0.588. The van der Waals surface area contributed by atoms with Crippen molar-refractivity contribution in [2.45, 2.75) is 31.6 Å². The number of nitrogens with one attached hydrogen (secondary N) is 1. The second kappa shape index (κ2) is 9.82. The Hall–Kier alpha value is -2.48. The number of carboxylic acid groups (broad SMARTS) is 1. The molecule has 3 N–H and O–H groups in total. The number of rotatable bonds is 9. The Kier molecular flexibility index (Phi) is 7.19. The van der Waals surface area contributed by atoms with Crippen molar-refractivity contribution >= 4 is 17.6 Å². The van der Waals surface area contributed by atoms with Crippen LogP contribution in [0.4, 0.5) is 0 Å². The quantitative estimate of drug-likeness (QED) is 0.572. The molecule has 1 heterocycles. The van der Waals surface area contributed by atoms with Crippen LogP contribution >= 0.6 is 11.6 Å². The Morgan fingerprint density at radius 3 is 2.76 bits per heavy atom. The van der Waals surface area contributed by atoms with Crippen LogP contribution in [0.3, 0.4) is 0 Å². The number of carbonyl (C=O) groups is 1. The van der Waals surface area contributed by atoms with E-state index in [0.29, 0.717) is 35.2 Å². The first-order valence-corrected chi connectivity index (χ1v) is 9.73. The van der Waals surface area contributed by atoms with E-state index in [1.165, 1.54) is 0 Å². The Bertz CT molecular complexity index is 828. The average molecular weight is 422 g/mol. The maximum atomic E-state index is 11.0. The normalized spacial score (nSPS) is 17.4. The van der Waals surface area contributed by atoms with Crippen LogP contribution < -0.4 is 19.5 Å². The Morgan fingerprint density at radius 2 is 2.03 bits per heavy atom. The number of benzene rings is 2. The summed E-state index contributed by atoms with van der Waals surface area (Å²) < 4.78 is 16.5. The molecule has 0 spiro atoms. The maximum absolute atomic E-state index is 11.0. The molecular weight excluding hydrogens is 398 g/mol. The molecular formula is C21H24ClNO6. The second-order valence-corrected chi connectivity index (χ2v) is 7.41. The number of ether oxygens (including phenoxy) is 3. The number of carboxylic acids is 1. The molecule has 7 nitrogen and oxygen atoms in total. The molecule has 156 valence electrons. The highest BCUT2D eigenvalue weighted by Crippen LogP contribution is 2.33. The number of aliphatic hydroxyl groups is 1. The van der Waals surface area contributed by atoms with Crippen LogP contribution in [-0.4, -0.2) is 54.2 Å². The molecule has 3 atom stereocenters. The predicted octanol–water partition coefficient (Wildman–Crippen LogP) is 2.52. The van der Waals surface area contributed by atoms with E-state index in [1.807, 2.05) is 19.1 Å². The fraction of sp³-hybridized carbons (Fsp3) is 0.381. The average Bonchev–Trinajstić information content (AvgIpc) is 2.71. The highest BCUT2D eigenvalue weighted by atomic mass is 35.5. The van der Waals surface area contributed by atoms with Crippen LogP contribution in [0.25, 0.3) is 0 Å². The summed E-state index contributed by atoms with van der Waals surface area (Å²) in [5.41, 5.74) is 1.02. The lowest BCUT2D eigenvalue weighted by atomic mass is 10.1. The molecule has 1 unspecified atom stereocenters. The third-order valence-electron chi connectivity index (χ3n) is 4.44. The fourth-order valence-corrected chi connectivity index (χ4v) is 3.04. The lowest BCUT2D eigenvalue weighted by molar-refractivity contribution is -0.147. The topological polar surface area (TPSA) is 97.3 Å².